The Hall–Kier alpha value is -1.83. The normalized spacial score (nSPS) is 15.1. The van der Waals surface area contributed by atoms with Gasteiger partial charge in [-0.05, 0) is 43.4 Å². The fourth-order valence-electron chi connectivity index (χ4n) is 2.37. The molecule has 0 bridgehead atoms. The number of carbonyl (C=O) groups excluding carboxylic acids is 1. The van der Waals surface area contributed by atoms with Crippen LogP contribution in [-0.2, 0) is 4.74 Å². The van der Waals surface area contributed by atoms with Crippen molar-refractivity contribution in [3.05, 3.63) is 34.9 Å². The zero-order valence-corrected chi connectivity index (χ0v) is 12.3. The van der Waals surface area contributed by atoms with Gasteiger partial charge in [0.25, 0.3) is 5.91 Å². The van der Waals surface area contributed by atoms with E-state index in [9.17, 15) is 4.79 Å². The van der Waals surface area contributed by atoms with Crippen molar-refractivity contribution in [1.82, 2.24) is 5.32 Å². The van der Waals surface area contributed by atoms with Gasteiger partial charge in [-0.3, -0.25) is 4.79 Å². The molecule has 1 aromatic rings. The molecule has 0 spiro atoms. The van der Waals surface area contributed by atoms with Gasteiger partial charge >= 0.3 is 0 Å². The van der Waals surface area contributed by atoms with Crippen LogP contribution in [0.2, 0.25) is 0 Å². The molecular weight excluding hydrogens is 266 g/mol. The monoisotopic (exact) mass is 287 g/mol. The number of nitrogens with one attached hydrogen (secondary N) is 1. The maximum Gasteiger partial charge on any atom is 0.251 e. The Labute approximate surface area is 125 Å². The fourth-order valence-corrected chi connectivity index (χ4v) is 2.37. The van der Waals surface area contributed by atoms with Crippen LogP contribution in [-0.4, -0.2) is 37.4 Å². The number of carbonyl (C=O) groups is 1. The summed E-state index contributed by atoms with van der Waals surface area (Å²) in [5.41, 5.74) is 2.31. The minimum Gasteiger partial charge on any atom is -0.384 e. The number of amides is 1. The number of rotatable bonds is 3. The highest BCUT2D eigenvalue weighted by Crippen LogP contribution is 2.15. The average molecular weight is 287 g/mol. The molecule has 0 saturated carbocycles. The van der Waals surface area contributed by atoms with Crippen molar-refractivity contribution < 1.29 is 14.6 Å². The van der Waals surface area contributed by atoms with Gasteiger partial charge in [0.15, 0.2) is 0 Å². The minimum absolute atomic E-state index is 0.0633. The lowest BCUT2D eigenvalue weighted by Crippen LogP contribution is -2.32. The van der Waals surface area contributed by atoms with Gasteiger partial charge in [0.05, 0.1) is 0 Å². The van der Waals surface area contributed by atoms with Crippen molar-refractivity contribution >= 4 is 5.91 Å². The zero-order chi connectivity index (χ0) is 15.1. The first kappa shape index (κ1) is 15.6. The van der Waals surface area contributed by atoms with E-state index in [2.05, 4.69) is 17.2 Å². The van der Waals surface area contributed by atoms with E-state index in [0.717, 1.165) is 37.2 Å². The Morgan fingerprint density at radius 2 is 2.19 bits per heavy atom. The molecule has 1 heterocycles. The third kappa shape index (κ3) is 4.59. The zero-order valence-electron chi connectivity index (χ0n) is 12.3. The molecule has 1 amide bonds. The Balaban J connectivity index is 2.00. The van der Waals surface area contributed by atoms with Gasteiger partial charge in [-0.15, -0.1) is 0 Å². The summed E-state index contributed by atoms with van der Waals surface area (Å²) in [4.78, 5) is 12.3. The summed E-state index contributed by atoms with van der Waals surface area (Å²) in [5, 5.41) is 11.7. The lowest BCUT2D eigenvalue weighted by Gasteiger charge is -2.22. The van der Waals surface area contributed by atoms with Gasteiger partial charge in [0.2, 0.25) is 0 Å². The van der Waals surface area contributed by atoms with E-state index in [4.69, 9.17) is 9.84 Å². The lowest BCUT2D eigenvalue weighted by molar-refractivity contribution is 0.0642. The molecular formula is C17H21NO3. The molecule has 112 valence electrons. The number of benzene rings is 1. The smallest absolute Gasteiger partial charge is 0.251 e. The second-order valence-corrected chi connectivity index (χ2v) is 5.26. The van der Waals surface area contributed by atoms with E-state index >= 15 is 0 Å². The van der Waals surface area contributed by atoms with Crippen LogP contribution < -0.4 is 5.32 Å². The molecule has 0 unspecified atom stereocenters. The first-order chi connectivity index (χ1) is 10.2. The van der Waals surface area contributed by atoms with Crippen molar-refractivity contribution in [2.24, 2.45) is 5.92 Å². The van der Waals surface area contributed by atoms with Crippen molar-refractivity contribution in [2.45, 2.75) is 19.8 Å². The molecule has 1 fully saturated rings. The van der Waals surface area contributed by atoms with Crippen LogP contribution in [0, 0.1) is 24.7 Å². The molecule has 2 N–H and O–H groups in total. The molecule has 1 aromatic carbocycles. The fraction of sp³-hybridized carbons (Fsp3) is 0.471. The summed E-state index contributed by atoms with van der Waals surface area (Å²) < 4.78 is 5.32. The molecule has 0 radical (unpaired) electrons. The van der Waals surface area contributed by atoms with Gasteiger partial charge < -0.3 is 15.2 Å². The standard InChI is InChI=1S/C17H21NO3/c1-13-4-5-14(3-2-8-19)11-16(13)17(20)18-12-15-6-9-21-10-7-15/h4-5,11,15,19H,6-10,12H2,1H3,(H,18,20). The van der Waals surface area contributed by atoms with Crippen LogP contribution in [0.25, 0.3) is 0 Å². The van der Waals surface area contributed by atoms with E-state index in [1.165, 1.54) is 0 Å². The molecule has 0 aliphatic carbocycles. The van der Waals surface area contributed by atoms with Gasteiger partial charge in [0.1, 0.15) is 6.61 Å². The van der Waals surface area contributed by atoms with Crippen molar-refractivity contribution in [3.8, 4) is 11.8 Å². The number of hydrogen-bond donors (Lipinski definition) is 2. The molecule has 1 aliphatic rings. The molecule has 4 heteroatoms. The first-order valence-electron chi connectivity index (χ1n) is 7.27. The van der Waals surface area contributed by atoms with E-state index in [-0.39, 0.29) is 12.5 Å². The summed E-state index contributed by atoms with van der Waals surface area (Å²) in [7, 11) is 0. The number of hydrogen-bond acceptors (Lipinski definition) is 3. The third-order valence-corrected chi connectivity index (χ3v) is 3.69. The summed E-state index contributed by atoms with van der Waals surface area (Å²) in [6.45, 7) is 3.98. The Kier molecular flexibility index (Phi) is 5.79. The number of aliphatic hydroxyl groups excluding tert-OH is 1. The molecule has 0 atom stereocenters. The topological polar surface area (TPSA) is 58.6 Å². The van der Waals surface area contributed by atoms with Crippen molar-refractivity contribution in [3.63, 3.8) is 0 Å². The minimum atomic E-state index is -0.181. The lowest BCUT2D eigenvalue weighted by atomic mass is 9.99. The van der Waals surface area contributed by atoms with Gasteiger partial charge in [0, 0.05) is 30.9 Å². The third-order valence-electron chi connectivity index (χ3n) is 3.69. The highest BCUT2D eigenvalue weighted by molar-refractivity contribution is 5.96. The maximum absolute atomic E-state index is 12.3. The molecule has 2 rings (SSSR count). The largest absolute Gasteiger partial charge is 0.384 e. The molecule has 0 aromatic heterocycles. The quantitative estimate of drug-likeness (QED) is 0.828. The van der Waals surface area contributed by atoms with E-state index in [0.29, 0.717) is 18.0 Å². The van der Waals surface area contributed by atoms with Gasteiger partial charge in [-0.1, -0.05) is 17.9 Å². The Bertz CT molecular complexity index is 551. The molecule has 1 aliphatic heterocycles. The van der Waals surface area contributed by atoms with E-state index in [1.807, 2.05) is 19.1 Å². The summed E-state index contributed by atoms with van der Waals surface area (Å²) in [6.07, 6.45) is 2.00. The van der Waals surface area contributed by atoms with Crippen molar-refractivity contribution in [1.29, 1.82) is 0 Å². The number of aliphatic hydroxyl groups is 1. The van der Waals surface area contributed by atoms with E-state index < -0.39 is 0 Å². The predicted molar refractivity (Wildman–Crippen MR) is 81.0 cm³/mol. The summed E-state index contributed by atoms with van der Waals surface area (Å²) >= 11 is 0. The average Bonchev–Trinajstić information content (AvgIpc) is 2.53. The van der Waals surface area contributed by atoms with Gasteiger partial charge in [-0.25, -0.2) is 0 Å². The van der Waals surface area contributed by atoms with Crippen LogP contribution in [0.1, 0.15) is 34.3 Å². The summed E-state index contributed by atoms with van der Waals surface area (Å²) in [6, 6.07) is 5.51. The summed E-state index contributed by atoms with van der Waals surface area (Å²) in [5.74, 6) is 5.86. The number of aryl methyl sites for hydroxylation is 1. The highest BCUT2D eigenvalue weighted by atomic mass is 16.5. The van der Waals surface area contributed by atoms with Crippen LogP contribution in [0.5, 0.6) is 0 Å². The highest BCUT2D eigenvalue weighted by Gasteiger charge is 2.16. The van der Waals surface area contributed by atoms with Crippen LogP contribution >= 0.6 is 0 Å². The second kappa shape index (κ2) is 7.82. The first-order valence-corrected chi connectivity index (χ1v) is 7.27. The van der Waals surface area contributed by atoms with Gasteiger partial charge in [-0.2, -0.15) is 0 Å². The molecule has 1 saturated heterocycles. The van der Waals surface area contributed by atoms with Crippen LogP contribution in [0.3, 0.4) is 0 Å². The second-order valence-electron chi connectivity index (χ2n) is 5.26. The SMILES string of the molecule is Cc1ccc(C#CCO)cc1C(=O)NCC1CCOCC1. The Morgan fingerprint density at radius 3 is 2.90 bits per heavy atom. The molecule has 4 nitrogen and oxygen atoms in total. The molecule has 21 heavy (non-hydrogen) atoms. The van der Waals surface area contributed by atoms with Crippen LogP contribution in [0.15, 0.2) is 18.2 Å². The Morgan fingerprint density at radius 1 is 1.43 bits per heavy atom. The number of ether oxygens (including phenoxy) is 1. The van der Waals surface area contributed by atoms with Crippen molar-refractivity contribution in [2.75, 3.05) is 26.4 Å². The maximum atomic E-state index is 12.3. The van der Waals surface area contributed by atoms with Crippen LogP contribution in [0.4, 0.5) is 0 Å². The predicted octanol–water partition coefficient (Wildman–Crippen LogP) is 1.50. The van der Waals surface area contributed by atoms with E-state index in [1.54, 1.807) is 6.07 Å².